The Morgan fingerprint density at radius 3 is 2.70 bits per heavy atom. The van der Waals surface area contributed by atoms with E-state index in [1.165, 1.54) is 18.9 Å². The smallest absolute Gasteiger partial charge is 0.328 e. The monoisotopic (exact) mass is 370 g/mol. The summed E-state index contributed by atoms with van der Waals surface area (Å²) < 4.78 is 16.7. The summed E-state index contributed by atoms with van der Waals surface area (Å²) in [4.78, 5) is 24.0. The highest BCUT2D eigenvalue weighted by Crippen LogP contribution is 2.28. The van der Waals surface area contributed by atoms with Gasteiger partial charge in [0, 0.05) is 6.07 Å². The quantitative estimate of drug-likeness (QED) is 0.630. The molecule has 3 aromatic rings. The molecule has 0 spiro atoms. The van der Waals surface area contributed by atoms with E-state index in [-0.39, 0.29) is 6.54 Å². The zero-order valence-electron chi connectivity index (χ0n) is 14.8. The highest BCUT2D eigenvalue weighted by atomic mass is 16.5. The third-order valence-electron chi connectivity index (χ3n) is 3.75. The summed E-state index contributed by atoms with van der Waals surface area (Å²) in [5, 5.41) is 10.5. The van der Waals surface area contributed by atoms with E-state index in [9.17, 15) is 9.59 Å². The zero-order chi connectivity index (χ0) is 19.2. The third kappa shape index (κ3) is 4.32. The number of methoxy groups -OCH3 is 2. The van der Waals surface area contributed by atoms with E-state index < -0.39 is 18.5 Å². The Kier molecular flexibility index (Phi) is 5.50. The lowest BCUT2D eigenvalue weighted by atomic mass is 10.2. The summed E-state index contributed by atoms with van der Waals surface area (Å²) in [5.41, 5.74) is 1.83. The van der Waals surface area contributed by atoms with E-state index in [0.29, 0.717) is 28.2 Å². The fraction of sp³-hybridized carbons (Fsp3) is 0.222. The van der Waals surface area contributed by atoms with Gasteiger partial charge in [0.2, 0.25) is 0 Å². The van der Waals surface area contributed by atoms with Crippen molar-refractivity contribution in [2.24, 2.45) is 0 Å². The highest BCUT2D eigenvalue weighted by Gasteiger charge is 2.13. The molecule has 0 fully saturated rings. The van der Waals surface area contributed by atoms with E-state index in [1.54, 1.807) is 30.3 Å². The Bertz CT molecular complexity index is 969. The molecule has 1 amide bonds. The van der Waals surface area contributed by atoms with Gasteiger partial charge in [-0.1, -0.05) is 17.3 Å². The maximum atomic E-state index is 12.0. The van der Waals surface area contributed by atoms with Gasteiger partial charge < -0.3 is 19.5 Å². The predicted molar refractivity (Wildman–Crippen MR) is 96.7 cm³/mol. The van der Waals surface area contributed by atoms with Crippen LogP contribution in [0, 0.1) is 0 Å². The van der Waals surface area contributed by atoms with Crippen LogP contribution >= 0.6 is 0 Å². The van der Waals surface area contributed by atoms with Crippen molar-refractivity contribution >= 4 is 28.6 Å². The molecule has 0 aliphatic carbocycles. The molecule has 0 unspecified atom stereocenters. The number of amides is 1. The van der Waals surface area contributed by atoms with Crippen molar-refractivity contribution in [1.29, 1.82) is 0 Å². The second-order valence-corrected chi connectivity index (χ2v) is 5.51. The van der Waals surface area contributed by atoms with E-state index >= 15 is 0 Å². The minimum atomic E-state index is -0.595. The number of fused-ring (bicyclic) bond motifs is 1. The third-order valence-corrected chi connectivity index (χ3v) is 3.75. The molecule has 1 heterocycles. The average molecular weight is 370 g/mol. The average Bonchev–Trinajstić information content (AvgIpc) is 3.09. The van der Waals surface area contributed by atoms with Gasteiger partial charge in [-0.05, 0) is 24.3 Å². The molecule has 1 aromatic heterocycles. The highest BCUT2D eigenvalue weighted by molar-refractivity contribution is 5.94. The largest absolute Gasteiger partial charge is 0.497 e. The van der Waals surface area contributed by atoms with Gasteiger partial charge in [0.1, 0.15) is 23.6 Å². The first-order valence-corrected chi connectivity index (χ1v) is 8.06. The van der Waals surface area contributed by atoms with Gasteiger partial charge in [-0.2, -0.15) is 0 Å². The molecule has 27 heavy (non-hydrogen) atoms. The molecule has 0 saturated carbocycles. The number of nitrogens with one attached hydrogen (secondary N) is 1. The van der Waals surface area contributed by atoms with Crippen LogP contribution < -0.4 is 14.8 Å². The number of para-hydroxylation sites is 1. The van der Waals surface area contributed by atoms with Crippen molar-refractivity contribution in [3.05, 3.63) is 42.5 Å². The fourth-order valence-electron chi connectivity index (χ4n) is 2.44. The lowest BCUT2D eigenvalue weighted by Gasteiger charge is -2.11. The Hall–Kier alpha value is -3.62. The van der Waals surface area contributed by atoms with Crippen LogP contribution in [-0.2, 0) is 20.9 Å². The molecule has 3 rings (SSSR count). The van der Waals surface area contributed by atoms with Gasteiger partial charge in [0.25, 0.3) is 5.91 Å². The van der Waals surface area contributed by atoms with Crippen LogP contribution in [0.2, 0.25) is 0 Å². The number of carbonyl (C=O) groups excluding carboxylic acids is 2. The molecule has 9 heteroatoms. The minimum absolute atomic E-state index is 0.139. The summed E-state index contributed by atoms with van der Waals surface area (Å²) in [6.07, 6.45) is 0. The number of hydrogen-bond acceptors (Lipinski definition) is 7. The van der Waals surface area contributed by atoms with Crippen LogP contribution in [0.1, 0.15) is 0 Å². The number of esters is 1. The lowest BCUT2D eigenvalue weighted by Crippen LogP contribution is -2.23. The molecule has 140 valence electrons. The minimum Gasteiger partial charge on any atom is -0.497 e. The van der Waals surface area contributed by atoms with Crippen LogP contribution in [0.15, 0.2) is 42.5 Å². The number of ether oxygens (including phenoxy) is 3. The molecule has 0 aliphatic heterocycles. The van der Waals surface area contributed by atoms with Crippen LogP contribution in [0.25, 0.3) is 11.0 Å². The van der Waals surface area contributed by atoms with Gasteiger partial charge in [0.15, 0.2) is 6.61 Å². The summed E-state index contributed by atoms with van der Waals surface area (Å²) in [6.45, 7) is -0.569. The summed E-state index contributed by atoms with van der Waals surface area (Å²) in [7, 11) is 3.01. The van der Waals surface area contributed by atoms with Gasteiger partial charge in [-0.15, -0.1) is 5.10 Å². The van der Waals surface area contributed by atoms with E-state index in [0.717, 1.165) is 0 Å². The van der Waals surface area contributed by atoms with E-state index in [2.05, 4.69) is 15.6 Å². The maximum Gasteiger partial charge on any atom is 0.328 e. The molecule has 2 aromatic carbocycles. The number of nitrogens with zero attached hydrogens (tertiary/aromatic N) is 3. The van der Waals surface area contributed by atoms with Gasteiger partial charge >= 0.3 is 5.97 Å². The van der Waals surface area contributed by atoms with Crippen molar-refractivity contribution in [3.8, 4) is 11.5 Å². The number of aromatic nitrogens is 3. The Labute approximate surface area is 154 Å². The second kappa shape index (κ2) is 8.17. The first-order valence-electron chi connectivity index (χ1n) is 8.06. The van der Waals surface area contributed by atoms with Crippen LogP contribution in [0.4, 0.5) is 5.69 Å². The number of anilines is 1. The first kappa shape index (κ1) is 18.2. The predicted octanol–water partition coefficient (Wildman–Crippen LogP) is 1.63. The summed E-state index contributed by atoms with van der Waals surface area (Å²) >= 11 is 0. The Morgan fingerprint density at radius 1 is 1.11 bits per heavy atom. The normalized spacial score (nSPS) is 10.4. The molecule has 0 radical (unpaired) electrons. The van der Waals surface area contributed by atoms with E-state index in [1.807, 2.05) is 12.1 Å². The number of rotatable bonds is 7. The zero-order valence-corrected chi connectivity index (χ0v) is 14.8. The second-order valence-electron chi connectivity index (χ2n) is 5.51. The van der Waals surface area contributed by atoms with Gasteiger partial charge in [-0.3, -0.25) is 9.59 Å². The van der Waals surface area contributed by atoms with Gasteiger partial charge in [-0.25, -0.2) is 4.68 Å². The molecular formula is C18H18N4O5. The number of carbonyl (C=O) groups is 2. The number of benzene rings is 2. The molecule has 9 nitrogen and oxygen atoms in total. The van der Waals surface area contributed by atoms with Crippen molar-refractivity contribution in [3.63, 3.8) is 0 Å². The van der Waals surface area contributed by atoms with Crippen molar-refractivity contribution in [2.75, 3.05) is 26.1 Å². The fourth-order valence-corrected chi connectivity index (χ4v) is 2.44. The molecule has 0 aliphatic rings. The SMILES string of the molecule is COc1ccc(NC(=O)COC(=O)Cn2nnc3ccccc32)c(OC)c1. The van der Waals surface area contributed by atoms with Crippen molar-refractivity contribution in [1.82, 2.24) is 15.0 Å². The summed E-state index contributed by atoms with van der Waals surface area (Å²) in [6, 6.07) is 12.2. The van der Waals surface area contributed by atoms with Crippen molar-refractivity contribution < 1.29 is 23.8 Å². The first-order chi connectivity index (χ1) is 13.1. The van der Waals surface area contributed by atoms with Crippen LogP contribution in [0.5, 0.6) is 11.5 Å². The lowest BCUT2D eigenvalue weighted by molar-refractivity contribution is -0.148. The van der Waals surface area contributed by atoms with Crippen molar-refractivity contribution in [2.45, 2.75) is 6.54 Å². The van der Waals surface area contributed by atoms with Gasteiger partial charge in [0.05, 0.1) is 25.4 Å². The maximum absolute atomic E-state index is 12.0. The Morgan fingerprint density at radius 2 is 1.93 bits per heavy atom. The summed E-state index contributed by atoms with van der Waals surface area (Å²) in [5.74, 6) is -0.0581. The topological polar surface area (TPSA) is 105 Å². The molecule has 0 saturated heterocycles. The Balaban J connectivity index is 1.55. The molecule has 0 bridgehead atoms. The number of hydrogen-bond donors (Lipinski definition) is 1. The molecule has 0 atom stereocenters. The standard InChI is InChI=1S/C18H18N4O5/c1-25-12-7-8-14(16(9-12)26-2)19-17(23)11-27-18(24)10-22-15-6-4-3-5-13(15)20-21-22/h3-9H,10-11H2,1-2H3,(H,19,23). The molecular weight excluding hydrogens is 352 g/mol. The van der Waals surface area contributed by atoms with E-state index in [4.69, 9.17) is 14.2 Å². The van der Waals surface area contributed by atoms with Crippen LogP contribution in [-0.4, -0.2) is 47.7 Å². The van der Waals surface area contributed by atoms with Crippen LogP contribution in [0.3, 0.4) is 0 Å². The molecule has 1 N–H and O–H groups in total.